The largest absolute Gasteiger partial charge is 0.352 e. The van der Waals surface area contributed by atoms with E-state index in [9.17, 15) is 13.6 Å². The molecule has 23 heavy (non-hydrogen) atoms. The molecule has 0 atom stereocenters. The minimum absolute atomic E-state index is 0.0241. The Balaban J connectivity index is 1.85. The van der Waals surface area contributed by atoms with Crippen LogP contribution in [0.3, 0.4) is 0 Å². The number of alkyl halides is 2. The molecule has 0 spiro atoms. The van der Waals surface area contributed by atoms with Crippen LogP contribution in [0, 0.1) is 6.92 Å². The highest BCUT2D eigenvalue weighted by Gasteiger charge is 2.32. The molecule has 3 aromatic rings. The second-order valence-corrected chi connectivity index (χ2v) is 5.05. The molecule has 0 aliphatic carbocycles. The smallest absolute Gasteiger partial charge is 0.322 e. The van der Waals surface area contributed by atoms with Crippen LogP contribution in [0.2, 0.25) is 0 Å². The van der Waals surface area contributed by atoms with Gasteiger partial charge in [-0.25, -0.2) is 0 Å². The number of carbonyl (C=O) groups is 1. The molecule has 0 bridgehead atoms. The van der Waals surface area contributed by atoms with E-state index in [1.165, 1.54) is 18.2 Å². The number of ketones is 1. The molecule has 0 fully saturated rings. The highest BCUT2D eigenvalue weighted by Crippen LogP contribution is 2.27. The van der Waals surface area contributed by atoms with Gasteiger partial charge in [-0.3, -0.25) is 4.79 Å². The van der Waals surface area contributed by atoms with E-state index in [-0.39, 0.29) is 17.4 Å². The normalized spacial score (nSPS) is 11.7. The van der Waals surface area contributed by atoms with Crippen molar-refractivity contribution in [1.82, 2.24) is 15.3 Å². The lowest BCUT2D eigenvalue weighted by Gasteiger charge is -2.01. The predicted molar refractivity (Wildman–Crippen MR) is 74.0 cm³/mol. The van der Waals surface area contributed by atoms with Gasteiger partial charge in [-0.2, -0.15) is 13.8 Å². The van der Waals surface area contributed by atoms with Crippen molar-refractivity contribution in [1.29, 1.82) is 0 Å². The second kappa shape index (κ2) is 5.38. The first-order valence-electron chi connectivity index (χ1n) is 6.65. The first kappa shape index (κ1) is 15.0. The highest BCUT2D eigenvalue weighted by atomic mass is 19.3. The van der Waals surface area contributed by atoms with E-state index in [1.54, 1.807) is 19.1 Å². The molecular formula is C15H11F2N3O3. The Morgan fingerprint density at radius 3 is 2.35 bits per heavy atom. The molecule has 0 amide bonds. The molecule has 6 nitrogen and oxygen atoms in total. The van der Waals surface area contributed by atoms with E-state index in [1.807, 2.05) is 0 Å². The zero-order valence-electron chi connectivity index (χ0n) is 12.2. The van der Waals surface area contributed by atoms with Gasteiger partial charge in [-0.15, -0.1) is 0 Å². The maximum atomic E-state index is 13.1. The van der Waals surface area contributed by atoms with Crippen molar-refractivity contribution in [3.05, 3.63) is 53.2 Å². The van der Waals surface area contributed by atoms with Gasteiger partial charge in [0.1, 0.15) is 0 Å². The lowest BCUT2D eigenvalue weighted by molar-refractivity contribution is -0.0158. The van der Waals surface area contributed by atoms with Gasteiger partial charge in [0.15, 0.2) is 0 Å². The van der Waals surface area contributed by atoms with E-state index in [0.29, 0.717) is 23.7 Å². The molecule has 118 valence electrons. The number of carbonyl (C=O) groups excluding carboxylic acids is 1. The quantitative estimate of drug-likeness (QED) is 0.686. The molecule has 0 N–H and O–H groups in total. The van der Waals surface area contributed by atoms with Gasteiger partial charge >= 0.3 is 5.92 Å². The number of aromatic nitrogens is 3. The van der Waals surface area contributed by atoms with Gasteiger partial charge in [0.05, 0.1) is 5.69 Å². The van der Waals surface area contributed by atoms with Crippen LogP contribution >= 0.6 is 0 Å². The average molecular weight is 319 g/mol. The summed E-state index contributed by atoms with van der Waals surface area (Å²) in [6.07, 6.45) is 0. The summed E-state index contributed by atoms with van der Waals surface area (Å²) in [7, 11) is 0. The van der Waals surface area contributed by atoms with Gasteiger partial charge in [-0.1, -0.05) is 34.6 Å². The van der Waals surface area contributed by atoms with E-state index in [4.69, 9.17) is 4.52 Å². The Kier molecular flexibility index (Phi) is 3.51. The standard InChI is InChI=1S/C15H11F2N3O3/c1-8-7-11(22-19-8)12(21)9-3-5-10(6-4-9)13-18-14(23-20-13)15(2,16)17/h3-7H,1-2H3. The van der Waals surface area contributed by atoms with Gasteiger partial charge in [-0.05, 0) is 6.92 Å². The summed E-state index contributed by atoms with van der Waals surface area (Å²) < 4.78 is 35.6. The summed E-state index contributed by atoms with van der Waals surface area (Å²) in [4.78, 5) is 15.8. The Morgan fingerprint density at radius 2 is 1.83 bits per heavy atom. The molecule has 0 aliphatic rings. The van der Waals surface area contributed by atoms with Crippen LogP contribution < -0.4 is 0 Å². The number of benzene rings is 1. The molecule has 2 aromatic heterocycles. The van der Waals surface area contributed by atoms with Crippen LogP contribution in [-0.4, -0.2) is 21.1 Å². The molecule has 1 aromatic carbocycles. The minimum atomic E-state index is -3.20. The molecular weight excluding hydrogens is 308 g/mol. The van der Waals surface area contributed by atoms with Crippen LogP contribution in [-0.2, 0) is 5.92 Å². The fraction of sp³-hybridized carbons (Fsp3) is 0.200. The number of hydrogen-bond donors (Lipinski definition) is 0. The summed E-state index contributed by atoms with van der Waals surface area (Å²) in [5.74, 6) is -4.14. The van der Waals surface area contributed by atoms with Crippen molar-refractivity contribution in [3.8, 4) is 11.4 Å². The first-order valence-corrected chi connectivity index (χ1v) is 6.65. The van der Waals surface area contributed by atoms with Crippen LogP contribution in [0.15, 0.2) is 39.4 Å². The fourth-order valence-corrected chi connectivity index (χ4v) is 1.90. The van der Waals surface area contributed by atoms with Crippen LogP contribution in [0.4, 0.5) is 8.78 Å². The summed E-state index contributed by atoms with van der Waals surface area (Å²) >= 11 is 0. The lowest BCUT2D eigenvalue weighted by atomic mass is 10.1. The Hall–Kier alpha value is -2.90. The maximum absolute atomic E-state index is 13.1. The molecule has 0 unspecified atom stereocenters. The topological polar surface area (TPSA) is 82.0 Å². The van der Waals surface area contributed by atoms with Crippen molar-refractivity contribution < 1.29 is 22.6 Å². The number of aryl methyl sites for hydroxylation is 1. The summed E-state index contributed by atoms with van der Waals surface area (Å²) in [5.41, 5.74) is 1.42. The van der Waals surface area contributed by atoms with Gasteiger partial charge in [0, 0.05) is 24.1 Å². The number of rotatable bonds is 4. The zero-order valence-corrected chi connectivity index (χ0v) is 12.2. The second-order valence-electron chi connectivity index (χ2n) is 5.05. The number of hydrogen-bond acceptors (Lipinski definition) is 6. The first-order chi connectivity index (χ1) is 10.8. The molecule has 2 heterocycles. The summed E-state index contributed by atoms with van der Waals surface area (Å²) in [6.45, 7) is 2.38. The van der Waals surface area contributed by atoms with Gasteiger partial charge < -0.3 is 9.05 Å². The zero-order chi connectivity index (χ0) is 16.6. The highest BCUT2D eigenvalue weighted by molar-refractivity contribution is 6.07. The maximum Gasteiger partial charge on any atom is 0.322 e. The molecule has 0 saturated carbocycles. The Labute approximate surface area is 129 Å². The molecule has 0 aliphatic heterocycles. The van der Waals surface area contributed by atoms with Crippen molar-refractivity contribution in [2.75, 3.05) is 0 Å². The van der Waals surface area contributed by atoms with E-state index in [0.717, 1.165) is 0 Å². The van der Waals surface area contributed by atoms with Gasteiger partial charge in [0.25, 0.3) is 5.89 Å². The number of halogens is 2. The van der Waals surface area contributed by atoms with Crippen LogP contribution in [0.25, 0.3) is 11.4 Å². The van der Waals surface area contributed by atoms with E-state index < -0.39 is 11.8 Å². The van der Waals surface area contributed by atoms with Crippen LogP contribution in [0.1, 0.15) is 34.6 Å². The third kappa shape index (κ3) is 3.01. The minimum Gasteiger partial charge on any atom is -0.352 e. The summed E-state index contributed by atoms with van der Waals surface area (Å²) in [5, 5.41) is 7.16. The third-order valence-electron chi connectivity index (χ3n) is 3.06. The molecule has 0 radical (unpaired) electrons. The predicted octanol–water partition coefficient (Wildman–Crippen LogP) is 3.38. The third-order valence-corrected chi connectivity index (χ3v) is 3.06. The van der Waals surface area contributed by atoms with Crippen molar-refractivity contribution >= 4 is 5.78 Å². The van der Waals surface area contributed by atoms with Gasteiger partial charge in [0.2, 0.25) is 17.4 Å². The van der Waals surface area contributed by atoms with Crippen molar-refractivity contribution in [2.24, 2.45) is 0 Å². The monoisotopic (exact) mass is 319 g/mol. The number of nitrogens with zero attached hydrogens (tertiary/aromatic N) is 3. The SMILES string of the molecule is Cc1cc(C(=O)c2ccc(-c3noc(C(C)(F)F)n3)cc2)on1. The fourth-order valence-electron chi connectivity index (χ4n) is 1.90. The molecule has 3 rings (SSSR count). The lowest BCUT2D eigenvalue weighted by Crippen LogP contribution is -2.07. The molecule has 8 heteroatoms. The Morgan fingerprint density at radius 1 is 1.13 bits per heavy atom. The van der Waals surface area contributed by atoms with E-state index in [2.05, 4.69) is 19.8 Å². The van der Waals surface area contributed by atoms with Crippen molar-refractivity contribution in [2.45, 2.75) is 19.8 Å². The van der Waals surface area contributed by atoms with Crippen molar-refractivity contribution in [3.63, 3.8) is 0 Å². The molecule has 0 saturated heterocycles. The van der Waals surface area contributed by atoms with E-state index >= 15 is 0 Å². The van der Waals surface area contributed by atoms with Crippen LogP contribution in [0.5, 0.6) is 0 Å². The average Bonchev–Trinajstić information content (AvgIpc) is 3.15. The Bertz CT molecular complexity index is 847. The summed E-state index contributed by atoms with van der Waals surface area (Å²) in [6, 6.07) is 7.66.